The number of nitrogens with one attached hydrogen (secondary N) is 1. The third kappa shape index (κ3) is 1.03. The van der Waals surface area contributed by atoms with Gasteiger partial charge in [0, 0.05) is 23.3 Å². The number of H-pyrrole nitrogens is 1. The molecule has 2 aromatic carbocycles. The van der Waals surface area contributed by atoms with Crippen LogP contribution in [-0.4, -0.2) is 14.5 Å². The molecule has 0 aliphatic carbocycles. The second-order valence-electron chi connectivity index (χ2n) is 4.38. The number of aromatic amines is 1. The number of aryl methyl sites for hydroxylation is 1. The Morgan fingerprint density at radius 3 is 2.88 bits per heavy atom. The van der Waals surface area contributed by atoms with Gasteiger partial charge in [-0.05, 0) is 18.2 Å². The summed E-state index contributed by atoms with van der Waals surface area (Å²) < 4.78 is 2.04. The van der Waals surface area contributed by atoms with Crippen LogP contribution in [0.3, 0.4) is 0 Å². The lowest BCUT2D eigenvalue weighted by molar-refractivity contribution is 0.948. The average Bonchev–Trinajstić information content (AvgIpc) is 2.90. The van der Waals surface area contributed by atoms with Crippen LogP contribution in [0.4, 0.5) is 0 Å². The zero-order valence-electron chi connectivity index (χ0n) is 9.44. The van der Waals surface area contributed by atoms with E-state index in [-0.39, 0.29) is 0 Å². The van der Waals surface area contributed by atoms with Crippen molar-refractivity contribution in [3.05, 3.63) is 42.7 Å². The molecule has 4 rings (SSSR count). The van der Waals surface area contributed by atoms with Crippen LogP contribution in [-0.2, 0) is 7.05 Å². The average molecular weight is 221 g/mol. The molecule has 82 valence electrons. The van der Waals surface area contributed by atoms with Crippen molar-refractivity contribution < 1.29 is 0 Å². The van der Waals surface area contributed by atoms with Gasteiger partial charge < -0.3 is 9.55 Å². The number of hydrogen-bond donors (Lipinski definition) is 1. The summed E-state index contributed by atoms with van der Waals surface area (Å²) >= 11 is 0. The molecule has 0 atom stereocenters. The van der Waals surface area contributed by atoms with Crippen molar-refractivity contribution in [3.63, 3.8) is 0 Å². The molecule has 0 saturated heterocycles. The standard InChI is InChI=1S/C14H11N3/c1-17-8-15-14-12(17)7-6-10-9-4-2-3-5-11(9)16-13(10)14/h2-8,16H,1H3. The van der Waals surface area contributed by atoms with Crippen molar-refractivity contribution in [1.29, 1.82) is 0 Å². The molecule has 0 aliphatic heterocycles. The van der Waals surface area contributed by atoms with E-state index in [1.165, 1.54) is 16.3 Å². The zero-order valence-corrected chi connectivity index (χ0v) is 9.44. The number of fused-ring (bicyclic) bond motifs is 5. The highest BCUT2D eigenvalue weighted by molar-refractivity contribution is 6.15. The minimum atomic E-state index is 1.04. The summed E-state index contributed by atoms with van der Waals surface area (Å²) in [6.07, 6.45) is 1.86. The highest BCUT2D eigenvalue weighted by atomic mass is 15.0. The molecule has 1 N–H and O–H groups in total. The minimum Gasteiger partial charge on any atom is -0.353 e. The molecule has 4 aromatic rings. The number of para-hydroxylation sites is 1. The second kappa shape index (κ2) is 2.88. The summed E-state index contributed by atoms with van der Waals surface area (Å²) in [5.74, 6) is 0. The molecule has 0 unspecified atom stereocenters. The van der Waals surface area contributed by atoms with Crippen molar-refractivity contribution >= 4 is 32.8 Å². The van der Waals surface area contributed by atoms with Crippen molar-refractivity contribution in [2.75, 3.05) is 0 Å². The van der Waals surface area contributed by atoms with Gasteiger partial charge in [0.15, 0.2) is 0 Å². The predicted molar refractivity (Wildman–Crippen MR) is 70.1 cm³/mol. The van der Waals surface area contributed by atoms with E-state index in [9.17, 15) is 0 Å². The summed E-state index contributed by atoms with van der Waals surface area (Å²) in [5.41, 5.74) is 4.50. The van der Waals surface area contributed by atoms with Crippen molar-refractivity contribution in [3.8, 4) is 0 Å². The lowest BCUT2D eigenvalue weighted by atomic mass is 10.1. The van der Waals surface area contributed by atoms with E-state index in [0.29, 0.717) is 0 Å². The molecule has 0 fully saturated rings. The Morgan fingerprint density at radius 1 is 1.06 bits per heavy atom. The third-order valence-electron chi connectivity index (χ3n) is 3.37. The van der Waals surface area contributed by atoms with Crippen LogP contribution in [0.5, 0.6) is 0 Å². The molecule has 0 saturated carbocycles. The van der Waals surface area contributed by atoms with Gasteiger partial charge in [-0.1, -0.05) is 18.2 Å². The molecule has 2 aromatic heterocycles. The second-order valence-corrected chi connectivity index (χ2v) is 4.38. The number of nitrogens with zero attached hydrogens (tertiary/aromatic N) is 2. The van der Waals surface area contributed by atoms with Gasteiger partial charge in [-0.3, -0.25) is 0 Å². The first kappa shape index (κ1) is 8.82. The van der Waals surface area contributed by atoms with Gasteiger partial charge in [0.25, 0.3) is 0 Å². The summed E-state index contributed by atoms with van der Waals surface area (Å²) in [6, 6.07) is 12.7. The lowest BCUT2D eigenvalue weighted by Crippen LogP contribution is -1.82. The zero-order chi connectivity index (χ0) is 11.4. The third-order valence-corrected chi connectivity index (χ3v) is 3.37. The van der Waals surface area contributed by atoms with E-state index in [4.69, 9.17) is 0 Å². The van der Waals surface area contributed by atoms with Crippen LogP contribution in [0.15, 0.2) is 42.7 Å². The van der Waals surface area contributed by atoms with Crippen molar-refractivity contribution in [2.24, 2.45) is 7.05 Å². The van der Waals surface area contributed by atoms with E-state index in [1.54, 1.807) is 0 Å². The first-order chi connectivity index (χ1) is 8.34. The molecule has 0 aliphatic rings. The van der Waals surface area contributed by atoms with E-state index in [1.807, 2.05) is 24.0 Å². The fraction of sp³-hybridized carbons (Fsp3) is 0.0714. The SMILES string of the molecule is Cn1cnc2c3[nH]c4ccccc4c3ccc21. The maximum atomic E-state index is 4.47. The first-order valence-electron chi connectivity index (χ1n) is 5.65. The summed E-state index contributed by atoms with van der Waals surface area (Å²) in [7, 11) is 2.02. The van der Waals surface area contributed by atoms with Crippen LogP contribution >= 0.6 is 0 Å². The Hall–Kier alpha value is -2.29. The summed E-state index contributed by atoms with van der Waals surface area (Å²) in [5, 5.41) is 2.50. The molecule has 3 nitrogen and oxygen atoms in total. The molecule has 2 heterocycles. The number of rotatable bonds is 0. The summed E-state index contributed by atoms with van der Waals surface area (Å²) in [6.45, 7) is 0. The maximum absolute atomic E-state index is 4.47. The van der Waals surface area contributed by atoms with E-state index < -0.39 is 0 Å². The van der Waals surface area contributed by atoms with Crippen molar-refractivity contribution in [2.45, 2.75) is 0 Å². The van der Waals surface area contributed by atoms with Crippen LogP contribution in [0.25, 0.3) is 32.8 Å². The van der Waals surface area contributed by atoms with Gasteiger partial charge in [-0.2, -0.15) is 0 Å². The number of hydrogen-bond acceptors (Lipinski definition) is 1. The van der Waals surface area contributed by atoms with Gasteiger partial charge in [0.05, 0.1) is 17.4 Å². The smallest absolute Gasteiger partial charge is 0.113 e. The molecule has 0 amide bonds. The monoisotopic (exact) mass is 221 g/mol. The summed E-state index contributed by atoms with van der Waals surface area (Å²) in [4.78, 5) is 7.93. The lowest BCUT2D eigenvalue weighted by Gasteiger charge is -1.95. The Morgan fingerprint density at radius 2 is 1.94 bits per heavy atom. The van der Waals surface area contributed by atoms with Gasteiger partial charge in [0.1, 0.15) is 5.52 Å². The molecular weight excluding hydrogens is 210 g/mol. The van der Waals surface area contributed by atoms with E-state index in [2.05, 4.69) is 40.3 Å². The molecular formula is C14H11N3. The van der Waals surface area contributed by atoms with E-state index >= 15 is 0 Å². The molecule has 3 heteroatoms. The highest BCUT2D eigenvalue weighted by Gasteiger charge is 2.09. The van der Waals surface area contributed by atoms with Crippen molar-refractivity contribution in [1.82, 2.24) is 14.5 Å². The number of benzene rings is 2. The molecule has 0 radical (unpaired) electrons. The van der Waals surface area contributed by atoms with Gasteiger partial charge >= 0.3 is 0 Å². The molecule has 0 bridgehead atoms. The predicted octanol–water partition coefficient (Wildman–Crippen LogP) is 3.21. The van der Waals surface area contributed by atoms with Gasteiger partial charge in [-0.15, -0.1) is 0 Å². The van der Waals surface area contributed by atoms with E-state index in [0.717, 1.165) is 16.6 Å². The fourth-order valence-electron chi connectivity index (χ4n) is 2.51. The normalized spacial score (nSPS) is 11.8. The number of imidazole rings is 1. The molecule has 17 heavy (non-hydrogen) atoms. The largest absolute Gasteiger partial charge is 0.353 e. The topological polar surface area (TPSA) is 33.6 Å². The fourth-order valence-corrected chi connectivity index (χ4v) is 2.51. The Kier molecular flexibility index (Phi) is 1.50. The maximum Gasteiger partial charge on any atom is 0.113 e. The Bertz CT molecular complexity index is 852. The molecule has 0 spiro atoms. The highest BCUT2D eigenvalue weighted by Crippen LogP contribution is 2.29. The van der Waals surface area contributed by atoms with Crippen LogP contribution in [0.1, 0.15) is 0 Å². The first-order valence-corrected chi connectivity index (χ1v) is 5.65. The van der Waals surface area contributed by atoms with Gasteiger partial charge in [0.2, 0.25) is 0 Å². The van der Waals surface area contributed by atoms with Crippen LogP contribution < -0.4 is 0 Å². The minimum absolute atomic E-state index is 1.04. The Balaban J connectivity index is 2.34. The Labute approximate surface area is 97.7 Å². The van der Waals surface area contributed by atoms with Gasteiger partial charge in [-0.25, -0.2) is 4.98 Å². The number of aromatic nitrogens is 3. The van der Waals surface area contributed by atoms with Crippen LogP contribution in [0.2, 0.25) is 0 Å². The quantitative estimate of drug-likeness (QED) is 0.486. The van der Waals surface area contributed by atoms with Crippen LogP contribution in [0, 0.1) is 0 Å².